The summed E-state index contributed by atoms with van der Waals surface area (Å²) < 4.78 is 0. The zero-order chi connectivity index (χ0) is 5.82. The highest BCUT2D eigenvalue weighted by Gasteiger charge is 1.97. The molecule has 0 unspecified atom stereocenters. The summed E-state index contributed by atoms with van der Waals surface area (Å²) in [4.78, 5) is 3.83. The van der Waals surface area contributed by atoms with Crippen LogP contribution in [0.3, 0.4) is 0 Å². The lowest BCUT2D eigenvalue weighted by molar-refractivity contribution is 0.609. The number of aliphatic imine (C=N–C) groups is 1. The maximum atomic E-state index is 8.38. The molecule has 0 aromatic rings. The van der Waals surface area contributed by atoms with Crippen molar-refractivity contribution < 1.29 is 5.02 Å². The predicted octanol–water partition coefficient (Wildman–Crippen LogP) is -0.929. The van der Waals surface area contributed by atoms with Crippen LogP contribution in [0.2, 0.25) is 0 Å². The minimum Gasteiger partial charge on any atom is -0.450 e. The van der Waals surface area contributed by atoms with Crippen LogP contribution in [0.4, 0.5) is 0 Å². The average molecular weight is 109 g/mol. The number of hydrogen-bond donors (Lipinski definition) is 2. The first-order chi connectivity index (χ1) is 3.93. The van der Waals surface area contributed by atoms with Crippen LogP contribution in [-0.2, 0) is 0 Å². The molecule has 0 aromatic heterocycles. The molecular weight excluding hydrogens is 103 g/mol. The number of hydrogen-bond acceptors (Lipinski definition) is 3. The molecule has 2 N–H and O–H groups in total. The Morgan fingerprint density at radius 3 is 3.12 bits per heavy atom. The Bertz CT molecular complexity index is 132. The van der Waals surface area contributed by atoms with Crippen molar-refractivity contribution in [1.29, 1.82) is 0 Å². The molecule has 0 atom stereocenters. The molecule has 0 bridgehead atoms. The van der Waals surface area contributed by atoms with Crippen molar-refractivity contribution in [3.8, 4) is 0 Å². The molecule has 8 heavy (non-hydrogen) atoms. The first-order valence-corrected chi connectivity index (χ1v) is 2.34. The number of nitrogens with zero attached hydrogens (tertiary/aromatic N) is 1. The van der Waals surface area contributed by atoms with Gasteiger partial charge in [-0.3, -0.25) is 4.99 Å². The maximum absolute atomic E-state index is 8.38. The first-order valence-electron chi connectivity index (χ1n) is 2.34. The fourth-order valence-corrected chi connectivity index (χ4v) is 0.472. The van der Waals surface area contributed by atoms with Crippen LogP contribution in [0, 0.1) is 0 Å². The van der Waals surface area contributed by atoms with Gasteiger partial charge in [0.15, 0.2) is 0 Å². The van der Waals surface area contributed by atoms with E-state index < -0.39 is 0 Å². The zero-order valence-corrected chi connectivity index (χ0v) is 4.33. The van der Waals surface area contributed by atoms with Gasteiger partial charge >= 0.3 is 7.48 Å². The van der Waals surface area contributed by atoms with E-state index in [1.807, 2.05) is 0 Å². The van der Waals surface area contributed by atoms with Crippen LogP contribution in [0.1, 0.15) is 0 Å². The lowest BCUT2D eigenvalue weighted by Crippen LogP contribution is -2.13. The maximum Gasteiger partial charge on any atom is 0.325 e. The molecule has 0 fully saturated rings. The van der Waals surface area contributed by atoms with E-state index in [4.69, 9.17) is 5.02 Å². The topological polar surface area (TPSA) is 44.6 Å². The van der Waals surface area contributed by atoms with Gasteiger partial charge in [0.25, 0.3) is 0 Å². The highest BCUT2D eigenvalue weighted by atomic mass is 16.2. The first kappa shape index (κ1) is 5.37. The molecule has 0 saturated carbocycles. The van der Waals surface area contributed by atoms with Gasteiger partial charge in [-0.25, -0.2) is 0 Å². The summed E-state index contributed by atoms with van der Waals surface area (Å²) >= 11 is 0. The minimum atomic E-state index is 0.573. The second-order valence-electron chi connectivity index (χ2n) is 1.48. The molecule has 0 aliphatic carbocycles. The van der Waals surface area contributed by atoms with Gasteiger partial charge < -0.3 is 10.3 Å². The second-order valence-corrected chi connectivity index (χ2v) is 1.48. The van der Waals surface area contributed by atoms with E-state index in [2.05, 4.69) is 10.3 Å². The van der Waals surface area contributed by atoms with Crippen molar-refractivity contribution in [2.45, 2.75) is 0 Å². The van der Waals surface area contributed by atoms with Gasteiger partial charge in [-0.05, 0) is 11.7 Å². The van der Waals surface area contributed by atoms with Crippen molar-refractivity contribution in [3.63, 3.8) is 0 Å². The molecule has 0 aromatic carbocycles. The van der Waals surface area contributed by atoms with E-state index in [1.165, 1.54) is 0 Å². The Kier molecular flexibility index (Phi) is 1.69. The molecule has 1 radical (unpaired) electrons. The van der Waals surface area contributed by atoms with E-state index in [9.17, 15) is 0 Å². The molecule has 4 heteroatoms. The lowest BCUT2D eigenvalue weighted by atomic mass is 9.89. The fourth-order valence-electron chi connectivity index (χ4n) is 0.472. The Hall–Kier alpha value is -0.765. The molecule has 1 heterocycles. The van der Waals surface area contributed by atoms with Crippen LogP contribution in [0.25, 0.3) is 0 Å². The van der Waals surface area contributed by atoms with Crippen molar-refractivity contribution in [2.75, 3.05) is 6.54 Å². The van der Waals surface area contributed by atoms with Gasteiger partial charge in [-0.2, -0.15) is 0 Å². The van der Waals surface area contributed by atoms with Crippen molar-refractivity contribution in [2.24, 2.45) is 4.99 Å². The third-order valence-electron chi connectivity index (χ3n) is 0.874. The second kappa shape index (κ2) is 2.52. The molecule has 1 aliphatic rings. The van der Waals surface area contributed by atoms with Gasteiger partial charge in [-0.15, -0.1) is 0 Å². The van der Waals surface area contributed by atoms with Crippen LogP contribution in [-0.4, -0.2) is 25.4 Å². The summed E-state index contributed by atoms with van der Waals surface area (Å²) in [5, 5.41) is 11.1. The van der Waals surface area contributed by atoms with Gasteiger partial charge in [0.2, 0.25) is 0 Å². The quantitative estimate of drug-likeness (QED) is 0.427. The van der Waals surface area contributed by atoms with Crippen LogP contribution in [0.15, 0.2) is 16.7 Å². The summed E-state index contributed by atoms with van der Waals surface area (Å²) in [6.45, 7) is 0.573. The summed E-state index contributed by atoms with van der Waals surface area (Å²) in [5.41, 5.74) is 0.799. The van der Waals surface area contributed by atoms with Gasteiger partial charge in [0.1, 0.15) is 0 Å². The standard InChI is InChI=1S/C4H6BN2O/c8-5-4-1-6-3-7-2-4/h1,3,8H,2H2,(H,6,7). The summed E-state index contributed by atoms with van der Waals surface area (Å²) in [5.74, 6) is 0. The molecular formula is C4H6BN2O. The monoisotopic (exact) mass is 109 g/mol. The molecule has 3 nitrogen and oxygen atoms in total. The normalized spacial score (nSPS) is 16.9. The molecule has 41 valence electrons. The summed E-state index contributed by atoms with van der Waals surface area (Å²) in [7, 11) is 1.05. The zero-order valence-electron chi connectivity index (χ0n) is 4.33. The Labute approximate surface area is 48.4 Å². The third-order valence-corrected chi connectivity index (χ3v) is 0.874. The molecule has 1 aliphatic heterocycles. The fraction of sp³-hybridized carbons (Fsp3) is 0.250. The summed E-state index contributed by atoms with van der Waals surface area (Å²) in [6.07, 6.45) is 3.29. The lowest BCUT2D eigenvalue weighted by Gasteiger charge is -2.02. The van der Waals surface area contributed by atoms with Crippen LogP contribution >= 0.6 is 0 Å². The van der Waals surface area contributed by atoms with Gasteiger partial charge in [0.05, 0.1) is 12.9 Å². The Balaban J connectivity index is 2.43. The van der Waals surface area contributed by atoms with Crippen LogP contribution < -0.4 is 5.32 Å². The predicted molar refractivity (Wildman–Crippen MR) is 32.6 cm³/mol. The molecule has 0 amide bonds. The number of rotatable bonds is 1. The van der Waals surface area contributed by atoms with Crippen LogP contribution in [0.5, 0.6) is 0 Å². The van der Waals surface area contributed by atoms with E-state index >= 15 is 0 Å². The van der Waals surface area contributed by atoms with Gasteiger partial charge in [-0.1, -0.05) is 0 Å². The van der Waals surface area contributed by atoms with E-state index in [-0.39, 0.29) is 0 Å². The summed E-state index contributed by atoms with van der Waals surface area (Å²) in [6, 6.07) is 0. The minimum absolute atomic E-state index is 0.573. The number of nitrogens with one attached hydrogen (secondary N) is 1. The van der Waals surface area contributed by atoms with Crippen molar-refractivity contribution in [3.05, 3.63) is 11.7 Å². The highest BCUT2D eigenvalue weighted by molar-refractivity contribution is 6.36. The third kappa shape index (κ3) is 1.10. The smallest absolute Gasteiger partial charge is 0.325 e. The van der Waals surface area contributed by atoms with E-state index in [1.54, 1.807) is 12.5 Å². The van der Waals surface area contributed by atoms with E-state index in [0.29, 0.717) is 6.54 Å². The molecule has 0 saturated heterocycles. The Morgan fingerprint density at radius 1 is 1.88 bits per heavy atom. The van der Waals surface area contributed by atoms with Gasteiger partial charge in [0, 0.05) is 0 Å². The van der Waals surface area contributed by atoms with Crippen molar-refractivity contribution in [1.82, 2.24) is 5.32 Å². The highest BCUT2D eigenvalue weighted by Crippen LogP contribution is 1.90. The Morgan fingerprint density at radius 2 is 2.75 bits per heavy atom. The van der Waals surface area contributed by atoms with Crippen molar-refractivity contribution >= 4 is 13.8 Å². The average Bonchev–Trinajstić information content (AvgIpc) is 1.90. The largest absolute Gasteiger partial charge is 0.450 e. The molecule has 1 rings (SSSR count). The SMILES string of the molecule is O[B]C1=CNC=NC1. The van der Waals surface area contributed by atoms with E-state index in [0.717, 1.165) is 13.0 Å². The molecule has 0 spiro atoms.